The van der Waals surface area contributed by atoms with Gasteiger partial charge in [-0.2, -0.15) is 0 Å². The Morgan fingerprint density at radius 1 is 1.48 bits per heavy atom. The third kappa shape index (κ3) is 6.08. The molecule has 0 fully saturated rings. The molecule has 0 bridgehead atoms. The first-order chi connectivity index (χ1) is 9.97. The molecule has 21 heavy (non-hydrogen) atoms. The molecule has 0 saturated heterocycles. The van der Waals surface area contributed by atoms with Gasteiger partial charge in [0.25, 0.3) is 5.91 Å². The van der Waals surface area contributed by atoms with Crippen molar-refractivity contribution in [2.24, 2.45) is 5.73 Å². The number of benzene rings is 1. The minimum absolute atomic E-state index is 0.0906. The van der Waals surface area contributed by atoms with Crippen LogP contribution in [0.4, 0.5) is 0 Å². The Morgan fingerprint density at radius 2 is 2.10 bits per heavy atom. The van der Waals surface area contributed by atoms with Crippen molar-refractivity contribution < 1.29 is 9.53 Å². The summed E-state index contributed by atoms with van der Waals surface area (Å²) in [6.45, 7) is 2.16. The molecule has 0 heterocycles. The molecule has 0 radical (unpaired) electrons. The Balaban J connectivity index is 2.72. The molecule has 0 aliphatic heterocycles. The maximum Gasteiger partial charge on any atom is 0.258 e. The molecular weight excluding hydrogens is 400 g/mol. The first kappa shape index (κ1) is 18.0. The lowest BCUT2D eigenvalue weighted by Gasteiger charge is -2.14. The zero-order chi connectivity index (χ0) is 15.8. The van der Waals surface area contributed by atoms with Gasteiger partial charge < -0.3 is 15.8 Å². The average Bonchev–Trinajstić information content (AvgIpc) is 2.43. The van der Waals surface area contributed by atoms with Crippen molar-refractivity contribution in [3.8, 4) is 18.1 Å². The Bertz CT molecular complexity index is 518. The maximum absolute atomic E-state index is 11.5. The highest BCUT2D eigenvalue weighted by Crippen LogP contribution is 2.35. The number of carbonyl (C=O) groups is 1. The molecule has 0 aliphatic carbocycles. The fraction of sp³-hybridized carbons (Fsp3) is 0.400. The molecule has 1 aromatic carbocycles. The van der Waals surface area contributed by atoms with Gasteiger partial charge in [0.1, 0.15) is 5.75 Å². The second-order valence-corrected chi connectivity index (χ2v) is 6.24. The van der Waals surface area contributed by atoms with E-state index >= 15 is 0 Å². The number of nitrogens with one attached hydrogen (secondary N) is 1. The summed E-state index contributed by atoms with van der Waals surface area (Å²) < 4.78 is 7.06. The molecule has 4 nitrogen and oxygen atoms in total. The Hall–Kier alpha value is -1.03. The second kappa shape index (κ2) is 9.08. The summed E-state index contributed by atoms with van der Waals surface area (Å²) in [4.78, 5) is 11.5. The van der Waals surface area contributed by atoms with Crippen LogP contribution in [-0.2, 0) is 11.2 Å². The highest BCUT2D eigenvalue weighted by molar-refractivity contribution is 9.11. The standard InChI is InChI=1S/C15H18Br2N2O2/c1-3-5-19-14(20)9-21-15-12(16)7-10(8-13(15)17)6-11(18)4-2/h1,7-8,11H,4-6,9,18H2,2H3,(H,19,20). The Morgan fingerprint density at radius 3 is 2.62 bits per heavy atom. The summed E-state index contributed by atoms with van der Waals surface area (Å²) in [5, 5.41) is 2.54. The van der Waals surface area contributed by atoms with Crippen LogP contribution >= 0.6 is 31.9 Å². The van der Waals surface area contributed by atoms with Gasteiger partial charge in [0, 0.05) is 6.04 Å². The minimum Gasteiger partial charge on any atom is -0.481 e. The van der Waals surface area contributed by atoms with E-state index in [1.807, 2.05) is 12.1 Å². The van der Waals surface area contributed by atoms with E-state index in [0.717, 1.165) is 27.4 Å². The number of terminal acetylenes is 1. The number of amides is 1. The highest BCUT2D eigenvalue weighted by atomic mass is 79.9. The first-order valence-corrected chi connectivity index (χ1v) is 8.13. The van der Waals surface area contributed by atoms with E-state index in [0.29, 0.717) is 5.75 Å². The van der Waals surface area contributed by atoms with Crippen LogP contribution in [0, 0.1) is 12.3 Å². The minimum atomic E-state index is -0.260. The van der Waals surface area contributed by atoms with Gasteiger partial charge in [-0.1, -0.05) is 12.8 Å². The van der Waals surface area contributed by atoms with E-state index in [1.165, 1.54) is 0 Å². The number of rotatable bonds is 7. The van der Waals surface area contributed by atoms with Crippen molar-refractivity contribution in [2.45, 2.75) is 25.8 Å². The Labute approximate surface area is 142 Å². The normalized spacial score (nSPS) is 11.6. The van der Waals surface area contributed by atoms with E-state index in [2.05, 4.69) is 50.0 Å². The average molecular weight is 418 g/mol. The summed E-state index contributed by atoms with van der Waals surface area (Å²) in [7, 11) is 0. The summed E-state index contributed by atoms with van der Waals surface area (Å²) in [6, 6.07) is 4.04. The molecule has 1 atom stereocenters. The van der Waals surface area contributed by atoms with Gasteiger partial charge in [-0.05, 0) is 62.4 Å². The van der Waals surface area contributed by atoms with Crippen molar-refractivity contribution in [1.82, 2.24) is 5.32 Å². The molecule has 0 saturated carbocycles. The van der Waals surface area contributed by atoms with Crippen LogP contribution in [0.5, 0.6) is 5.75 Å². The largest absolute Gasteiger partial charge is 0.481 e. The van der Waals surface area contributed by atoms with Crippen molar-refractivity contribution in [3.05, 3.63) is 26.6 Å². The molecular formula is C15H18Br2N2O2. The summed E-state index contributed by atoms with van der Waals surface area (Å²) in [5.41, 5.74) is 7.06. The molecule has 114 valence electrons. The lowest BCUT2D eigenvalue weighted by atomic mass is 10.0. The number of carbonyl (C=O) groups excluding carboxylic acids is 1. The predicted molar refractivity (Wildman–Crippen MR) is 91.2 cm³/mol. The molecule has 0 aromatic heterocycles. The van der Waals surface area contributed by atoms with E-state index in [1.54, 1.807) is 0 Å². The molecule has 0 spiro atoms. The zero-order valence-electron chi connectivity index (χ0n) is 11.8. The molecule has 1 rings (SSSR count). The van der Waals surface area contributed by atoms with Crippen LogP contribution in [0.2, 0.25) is 0 Å². The van der Waals surface area contributed by atoms with E-state index in [9.17, 15) is 4.79 Å². The third-order valence-electron chi connectivity index (χ3n) is 2.82. The molecule has 1 amide bonds. The van der Waals surface area contributed by atoms with Gasteiger partial charge in [-0.15, -0.1) is 6.42 Å². The maximum atomic E-state index is 11.5. The fourth-order valence-electron chi connectivity index (χ4n) is 1.65. The van der Waals surface area contributed by atoms with Gasteiger partial charge >= 0.3 is 0 Å². The fourth-order valence-corrected chi connectivity index (χ4v) is 3.16. The number of ether oxygens (including phenoxy) is 1. The van der Waals surface area contributed by atoms with Crippen LogP contribution in [0.3, 0.4) is 0 Å². The topological polar surface area (TPSA) is 64.3 Å². The second-order valence-electron chi connectivity index (χ2n) is 4.53. The van der Waals surface area contributed by atoms with Crippen LogP contribution in [0.15, 0.2) is 21.1 Å². The van der Waals surface area contributed by atoms with Crippen LogP contribution in [0.25, 0.3) is 0 Å². The SMILES string of the molecule is C#CCNC(=O)COc1c(Br)cc(CC(N)CC)cc1Br. The van der Waals surface area contributed by atoms with Crippen molar-refractivity contribution in [1.29, 1.82) is 0 Å². The van der Waals surface area contributed by atoms with Gasteiger partial charge in [0.05, 0.1) is 15.5 Å². The summed E-state index contributed by atoms with van der Waals surface area (Å²) in [6.07, 6.45) is 6.78. The lowest BCUT2D eigenvalue weighted by Crippen LogP contribution is -2.29. The van der Waals surface area contributed by atoms with Gasteiger partial charge in [-0.25, -0.2) is 0 Å². The highest BCUT2D eigenvalue weighted by Gasteiger charge is 2.12. The third-order valence-corrected chi connectivity index (χ3v) is 3.99. The summed E-state index contributed by atoms with van der Waals surface area (Å²) >= 11 is 6.91. The van der Waals surface area contributed by atoms with Crippen LogP contribution in [-0.4, -0.2) is 25.1 Å². The molecule has 6 heteroatoms. The smallest absolute Gasteiger partial charge is 0.258 e. The number of hydrogen-bond donors (Lipinski definition) is 2. The quantitative estimate of drug-likeness (QED) is 0.670. The molecule has 3 N–H and O–H groups in total. The molecule has 0 aliphatic rings. The van der Waals surface area contributed by atoms with E-state index in [4.69, 9.17) is 16.9 Å². The summed E-state index contributed by atoms with van der Waals surface area (Å²) in [5.74, 6) is 2.66. The molecule has 1 aromatic rings. The predicted octanol–water partition coefficient (Wildman–Crippen LogP) is 2.62. The van der Waals surface area contributed by atoms with Gasteiger partial charge in [0.15, 0.2) is 6.61 Å². The molecule has 1 unspecified atom stereocenters. The van der Waals surface area contributed by atoms with Crippen molar-refractivity contribution >= 4 is 37.8 Å². The van der Waals surface area contributed by atoms with Gasteiger partial charge in [-0.3, -0.25) is 4.79 Å². The number of nitrogens with two attached hydrogens (primary N) is 1. The van der Waals surface area contributed by atoms with Crippen LogP contribution < -0.4 is 15.8 Å². The lowest BCUT2D eigenvalue weighted by molar-refractivity contribution is -0.122. The zero-order valence-corrected chi connectivity index (χ0v) is 15.0. The monoisotopic (exact) mass is 416 g/mol. The van der Waals surface area contributed by atoms with Gasteiger partial charge in [0.2, 0.25) is 0 Å². The van der Waals surface area contributed by atoms with Crippen molar-refractivity contribution in [2.75, 3.05) is 13.2 Å². The van der Waals surface area contributed by atoms with E-state index in [-0.39, 0.29) is 25.1 Å². The van der Waals surface area contributed by atoms with Crippen molar-refractivity contribution in [3.63, 3.8) is 0 Å². The number of halogens is 2. The Kier molecular flexibility index (Phi) is 7.79. The number of hydrogen-bond acceptors (Lipinski definition) is 3. The first-order valence-electron chi connectivity index (χ1n) is 6.54. The van der Waals surface area contributed by atoms with E-state index < -0.39 is 0 Å². The van der Waals surface area contributed by atoms with Crippen LogP contribution in [0.1, 0.15) is 18.9 Å².